The molecule has 2 aliphatic rings. The van der Waals surface area contributed by atoms with Crippen LogP contribution >= 0.6 is 0 Å². The molecule has 0 bridgehead atoms. The van der Waals surface area contributed by atoms with Gasteiger partial charge in [-0.15, -0.1) is 0 Å². The summed E-state index contributed by atoms with van der Waals surface area (Å²) in [7, 11) is 0. The van der Waals surface area contributed by atoms with Crippen molar-refractivity contribution in [1.29, 1.82) is 0 Å². The van der Waals surface area contributed by atoms with E-state index in [1.54, 1.807) is 28.0 Å². The van der Waals surface area contributed by atoms with Gasteiger partial charge in [0, 0.05) is 35.9 Å². The summed E-state index contributed by atoms with van der Waals surface area (Å²) in [6, 6.07) is 13.8. The van der Waals surface area contributed by atoms with Crippen molar-refractivity contribution >= 4 is 23.3 Å². The molecule has 6 heteroatoms. The van der Waals surface area contributed by atoms with Crippen LogP contribution in [0.4, 0.5) is 20.6 Å². The number of amides is 3. The minimum absolute atomic E-state index is 0.0837. The number of hydrogen-bond donors (Lipinski definition) is 1. The third kappa shape index (κ3) is 4.42. The Morgan fingerprint density at radius 3 is 2.45 bits per heavy atom. The summed E-state index contributed by atoms with van der Waals surface area (Å²) in [6.45, 7) is 1.50. The van der Waals surface area contributed by atoms with Gasteiger partial charge in [-0.2, -0.15) is 0 Å². The summed E-state index contributed by atoms with van der Waals surface area (Å²) >= 11 is 0. The number of carbonyl (C=O) groups is 2. The summed E-state index contributed by atoms with van der Waals surface area (Å²) in [5.41, 5.74) is 2.05. The molecule has 5 nitrogen and oxygen atoms in total. The van der Waals surface area contributed by atoms with Gasteiger partial charge >= 0.3 is 6.03 Å². The molecule has 1 aliphatic carbocycles. The molecule has 29 heavy (non-hydrogen) atoms. The minimum Gasteiger partial charge on any atom is -0.326 e. The lowest BCUT2D eigenvalue weighted by atomic mass is 10.1. The molecular weight excluding hydrogens is 369 g/mol. The van der Waals surface area contributed by atoms with Crippen molar-refractivity contribution in [3.8, 4) is 0 Å². The minimum atomic E-state index is -0.292. The van der Waals surface area contributed by atoms with Crippen LogP contribution in [0.3, 0.4) is 0 Å². The third-order valence-corrected chi connectivity index (χ3v) is 5.80. The van der Waals surface area contributed by atoms with Crippen molar-refractivity contribution in [3.05, 3.63) is 59.9 Å². The highest BCUT2D eigenvalue weighted by Gasteiger charge is 2.27. The molecule has 152 valence electrons. The zero-order chi connectivity index (χ0) is 20.2. The number of halogens is 1. The van der Waals surface area contributed by atoms with E-state index < -0.39 is 0 Å². The Balaban J connectivity index is 1.41. The second-order valence-electron chi connectivity index (χ2n) is 7.82. The second-order valence-corrected chi connectivity index (χ2v) is 7.82. The maximum atomic E-state index is 14.0. The Bertz CT molecular complexity index is 878. The number of benzene rings is 2. The van der Waals surface area contributed by atoms with E-state index in [1.165, 1.54) is 6.07 Å². The van der Waals surface area contributed by atoms with E-state index in [2.05, 4.69) is 5.32 Å². The third-order valence-electron chi connectivity index (χ3n) is 5.80. The van der Waals surface area contributed by atoms with E-state index in [9.17, 15) is 14.0 Å². The quantitative estimate of drug-likeness (QED) is 0.792. The van der Waals surface area contributed by atoms with E-state index in [0.29, 0.717) is 18.7 Å². The maximum Gasteiger partial charge on any atom is 0.324 e. The van der Waals surface area contributed by atoms with E-state index in [4.69, 9.17) is 0 Å². The molecule has 1 N–H and O–H groups in total. The SMILES string of the molecule is O=C(Nc1ccc(N2CCCN(Cc3ccccc3F)C2=O)cc1)C1CCCC1. The Morgan fingerprint density at radius 2 is 1.72 bits per heavy atom. The molecule has 1 saturated carbocycles. The number of nitrogens with zero attached hydrogens (tertiary/aromatic N) is 2. The van der Waals surface area contributed by atoms with E-state index in [-0.39, 0.29) is 30.2 Å². The standard InChI is InChI=1S/C23H26FN3O2/c24-21-9-4-3-8-18(21)16-26-14-5-15-27(23(26)29)20-12-10-19(11-13-20)25-22(28)17-6-1-2-7-17/h3-4,8-13,17H,1-2,5-7,14-16H2,(H,25,28). The average Bonchev–Trinajstić information content (AvgIpc) is 3.27. The number of urea groups is 1. The first-order valence-electron chi connectivity index (χ1n) is 10.3. The van der Waals surface area contributed by atoms with Crippen molar-refractivity contribution < 1.29 is 14.0 Å². The molecule has 1 saturated heterocycles. The van der Waals surface area contributed by atoms with E-state index in [0.717, 1.165) is 43.5 Å². The molecule has 0 atom stereocenters. The first kappa shape index (κ1) is 19.4. The molecule has 2 fully saturated rings. The fourth-order valence-corrected chi connectivity index (χ4v) is 4.16. The van der Waals surface area contributed by atoms with Gasteiger partial charge in [0.15, 0.2) is 0 Å². The number of rotatable bonds is 5. The Morgan fingerprint density at radius 1 is 1.00 bits per heavy atom. The molecule has 2 aromatic rings. The van der Waals surface area contributed by atoms with Gasteiger partial charge in [0.25, 0.3) is 0 Å². The molecular formula is C23H26FN3O2. The maximum absolute atomic E-state index is 14.0. The molecule has 2 aromatic carbocycles. The molecule has 1 heterocycles. The predicted molar refractivity (Wildman–Crippen MR) is 111 cm³/mol. The van der Waals surface area contributed by atoms with Crippen LogP contribution in [0.5, 0.6) is 0 Å². The van der Waals surface area contributed by atoms with Crippen molar-refractivity contribution in [2.24, 2.45) is 5.92 Å². The summed E-state index contributed by atoms with van der Waals surface area (Å²) in [5, 5.41) is 2.98. The molecule has 0 unspecified atom stereocenters. The number of anilines is 2. The van der Waals surface area contributed by atoms with Gasteiger partial charge in [0.1, 0.15) is 5.82 Å². The lowest BCUT2D eigenvalue weighted by Gasteiger charge is -2.35. The molecule has 3 amide bonds. The summed E-state index contributed by atoms with van der Waals surface area (Å²) < 4.78 is 14.0. The second kappa shape index (κ2) is 8.64. The van der Waals surface area contributed by atoms with Crippen LogP contribution in [0, 0.1) is 11.7 Å². The molecule has 4 rings (SSSR count). The zero-order valence-electron chi connectivity index (χ0n) is 16.4. The lowest BCUT2D eigenvalue weighted by molar-refractivity contribution is -0.119. The van der Waals surface area contributed by atoms with Crippen LogP contribution in [0.2, 0.25) is 0 Å². The highest BCUT2D eigenvalue weighted by Crippen LogP contribution is 2.27. The van der Waals surface area contributed by atoms with Gasteiger partial charge in [-0.3, -0.25) is 9.69 Å². The summed E-state index contributed by atoms with van der Waals surface area (Å²) in [4.78, 5) is 28.6. The Hall–Kier alpha value is -2.89. The van der Waals surface area contributed by atoms with Crippen molar-refractivity contribution in [3.63, 3.8) is 0 Å². The zero-order valence-corrected chi connectivity index (χ0v) is 16.4. The first-order valence-corrected chi connectivity index (χ1v) is 10.3. The number of nitrogens with one attached hydrogen (secondary N) is 1. The van der Waals surface area contributed by atoms with Gasteiger partial charge in [-0.1, -0.05) is 31.0 Å². The van der Waals surface area contributed by atoms with Crippen LogP contribution in [-0.2, 0) is 11.3 Å². The monoisotopic (exact) mass is 395 g/mol. The number of hydrogen-bond acceptors (Lipinski definition) is 2. The van der Waals surface area contributed by atoms with Crippen LogP contribution < -0.4 is 10.2 Å². The van der Waals surface area contributed by atoms with Gasteiger partial charge in [0.05, 0.1) is 6.54 Å². The van der Waals surface area contributed by atoms with E-state index >= 15 is 0 Å². The average molecular weight is 395 g/mol. The van der Waals surface area contributed by atoms with Crippen LogP contribution in [-0.4, -0.2) is 29.9 Å². The Labute approximate surface area is 170 Å². The Kier molecular flexibility index (Phi) is 5.79. The van der Waals surface area contributed by atoms with Crippen LogP contribution in [0.1, 0.15) is 37.7 Å². The predicted octanol–water partition coefficient (Wildman–Crippen LogP) is 4.79. The largest absolute Gasteiger partial charge is 0.326 e. The first-order chi connectivity index (χ1) is 14.1. The highest BCUT2D eigenvalue weighted by molar-refractivity contribution is 5.95. The van der Waals surface area contributed by atoms with E-state index in [1.807, 2.05) is 24.3 Å². The van der Waals surface area contributed by atoms with Crippen molar-refractivity contribution in [2.75, 3.05) is 23.3 Å². The molecule has 0 radical (unpaired) electrons. The van der Waals surface area contributed by atoms with Crippen molar-refractivity contribution in [2.45, 2.75) is 38.6 Å². The summed E-state index contributed by atoms with van der Waals surface area (Å²) in [6.07, 6.45) is 4.99. The molecule has 0 spiro atoms. The fraction of sp³-hybridized carbons (Fsp3) is 0.391. The van der Waals surface area contributed by atoms with Gasteiger partial charge in [-0.05, 0) is 49.6 Å². The highest BCUT2D eigenvalue weighted by atomic mass is 19.1. The molecule has 0 aromatic heterocycles. The normalized spacial score (nSPS) is 17.6. The van der Waals surface area contributed by atoms with Gasteiger partial charge < -0.3 is 10.2 Å². The van der Waals surface area contributed by atoms with Crippen molar-refractivity contribution in [1.82, 2.24) is 4.90 Å². The van der Waals surface area contributed by atoms with Crippen LogP contribution in [0.15, 0.2) is 48.5 Å². The fourth-order valence-electron chi connectivity index (χ4n) is 4.16. The van der Waals surface area contributed by atoms with Crippen LogP contribution in [0.25, 0.3) is 0 Å². The number of carbonyl (C=O) groups excluding carboxylic acids is 2. The lowest BCUT2D eigenvalue weighted by Crippen LogP contribution is -2.49. The summed E-state index contributed by atoms with van der Waals surface area (Å²) in [5.74, 6) is -0.0922. The van der Waals surface area contributed by atoms with Gasteiger partial charge in [0.2, 0.25) is 5.91 Å². The topological polar surface area (TPSA) is 52.7 Å². The van der Waals surface area contributed by atoms with Gasteiger partial charge in [-0.25, -0.2) is 9.18 Å². The molecule has 1 aliphatic heterocycles. The smallest absolute Gasteiger partial charge is 0.324 e.